The van der Waals surface area contributed by atoms with E-state index in [0.717, 1.165) is 0 Å². The first-order chi connectivity index (χ1) is 13.3. The summed E-state index contributed by atoms with van der Waals surface area (Å²) in [6, 6.07) is 3.14. The Kier molecular flexibility index (Phi) is 4.49. The molecule has 3 heterocycles. The molecule has 1 amide bonds. The fourth-order valence-electron chi connectivity index (χ4n) is 3.08. The van der Waals surface area contributed by atoms with Crippen LogP contribution in [-0.2, 0) is 0 Å². The summed E-state index contributed by atoms with van der Waals surface area (Å²) in [4.78, 5) is 21.2. The van der Waals surface area contributed by atoms with Gasteiger partial charge < -0.3 is 5.32 Å². The van der Waals surface area contributed by atoms with E-state index in [1.54, 1.807) is 31.3 Å². The van der Waals surface area contributed by atoms with Crippen LogP contribution in [0.15, 0.2) is 30.6 Å². The highest BCUT2D eigenvalue weighted by Crippen LogP contribution is 2.40. The number of aromatic nitrogens is 4. The lowest BCUT2D eigenvalue weighted by Gasteiger charge is -2.20. The molecule has 0 radical (unpaired) electrons. The standard InChI is InChI=1S/C18H15ClF3N5O/c1-9-7-13(14-12(19)3-2-6-23-14)25-16-11(8-24-27(9)16)17(28)26-15(10-4-5-10)18(20,21)22/h2-3,6-8,10,15H,4-5H2,1H3,(H,26,28). The Morgan fingerprint density at radius 3 is 2.79 bits per heavy atom. The number of hydrogen-bond donors (Lipinski definition) is 1. The number of aryl methyl sites for hydroxylation is 1. The monoisotopic (exact) mass is 409 g/mol. The van der Waals surface area contributed by atoms with E-state index in [4.69, 9.17) is 11.6 Å². The van der Waals surface area contributed by atoms with Gasteiger partial charge in [0.1, 0.15) is 17.3 Å². The molecule has 28 heavy (non-hydrogen) atoms. The van der Waals surface area contributed by atoms with Gasteiger partial charge >= 0.3 is 6.18 Å². The first kappa shape index (κ1) is 18.7. The zero-order valence-corrected chi connectivity index (χ0v) is 15.4. The van der Waals surface area contributed by atoms with Gasteiger partial charge in [-0.1, -0.05) is 11.6 Å². The Bertz CT molecular complexity index is 1060. The summed E-state index contributed by atoms with van der Waals surface area (Å²) < 4.78 is 41.1. The molecule has 1 saturated carbocycles. The Morgan fingerprint density at radius 2 is 2.14 bits per heavy atom. The number of pyridine rings is 1. The number of alkyl halides is 3. The maximum absolute atomic E-state index is 13.2. The Morgan fingerprint density at radius 1 is 1.39 bits per heavy atom. The van der Waals surface area contributed by atoms with Crippen molar-refractivity contribution < 1.29 is 18.0 Å². The van der Waals surface area contributed by atoms with Crippen LogP contribution in [0.4, 0.5) is 13.2 Å². The van der Waals surface area contributed by atoms with E-state index in [0.29, 0.717) is 34.9 Å². The molecule has 4 rings (SSSR count). The van der Waals surface area contributed by atoms with Gasteiger partial charge in [0.15, 0.2) is 5.65 Å². The summed E-state index contributed by atoms with van der Waals surface area (Å²) in [5.74, 6) is -1.44. The third-order valence-electron chi connectivity index (χ3n) is 4.63. The van der Waals surface area contributed by atoms with E-state index in [9.17, 15) is 18.0 Å². The maximum atomic E-state index is 13.2. The van der Waals surface area contributed by atoms with E-state index >= 15 is 0 Å². The van der Waals surface area contributed by atoms with Crippen molar-refractivity contribution in [1.29, 1.82) is 0 Å². The molecule has 1 unspecified atom stereocenters. The van der Waals surface area contributed by atoms with Gasteiger partial charge in [0.25, 0.3) is 5.91 Å². The van der Waals surface area contributed by atoms with Crippen LogP contribution < -0.4 is 5.32 Å². The molecule has 1 aliphatic rings. The molecule has 1 atom stereocenters. The Hall–Kier alpha value is -2.68. The average molecular weight is 410 g/mol. The highest BCUT2D eigenvalue weighted by Gasteiger charge is 2.49. The molecule has 1 aliphatic carbocycles. The average Bonchev–Trinajstić information content (AvgIpc) is 3.37. The molecule has 0 aromatic carbocycles. The van der Waals surface area contributed by atoms with Crippen molar-refractivity contribution in [3.05, 3.63) is 46.9 Å². The summed E-state index contributed by atoms with van der Waals surface area (Å²) in [6.45, 7) is 1.74. The Balaban J connectivity index is 1.74. The van der Waals surface area contributed by atoms with Crippen LogP contribution in [-0.4, -0.2) is 37.7 Å². The minimum Gasteiger partial charge on any atom is -0.340 e. The number of fused-ring (bicyclic) bond motifs is 1. The van der Waals surface area contributed by atoms with Crippen molar-refractivity contribution in [2.45, 2.75) is 32.0 Å². The second kappa shape index (κ2) is 6.73. The van der Waals surface area contributed by atoms with Crippen molar-refractivity contribution in [2.75, 3.05) is 0 Å². The zero-order valence-electron chi connectivity index (χ0n) is 14.7. The van der Waals surface area contributed by atoms with Gasteiger partial charge in [-0.25, -0.2) is 9.50 Å². The van der Waals surface area contributed by atoms with Crippen molar-refractivity contribution >= 4 is 23.2 Å². The van der Waals surface area contributed by atoms with Gasteiger partial charge in [-0.15, -0.1) is 0 Å². The van der Waals surface area contributed by atoms with Crippen molar-refractivity contribution in [2.24, 2.45) is 5.92 Å². The minimum atomic E-state index is -4.50. The van der Waals surface area contributed by atoms with Gasteiger partial charge in [-0.2, -0.15) is 18.3 Å². The largest absolute Gasteiger partial charge is 0.408 e. The van der Waals surface area contributed by atoms with E-state index in [-0.39, 0.29) is 11.2 Å². The summed E-state index contributed by atoms with van der Waals surface area (Å²) in [5, 5.41) is 6.56. The maximum Gasteiger partial charge on any atom is 0.408 e. The lowest BCUT2D eigenvalue weighted by molar-refractivity contribution is -0.158. The minimum absolute atomic E-state index is 0.0353. The predicted molar refractivity (Wildman–Crippen MR) is 96.0 cm³/mol. The number of nitrogens with zero attached hydrogens (tertiary/aromatic N) is 4. The lowest BCUT2D eigenvalue weighted by Crippen LogP contribution is -2.46. The van der Waals surface area contributed by atoms with Crippen LogP contribution in [0.1, 0.15) is 28.9 Å². The molecule has 146 valence electrons. The number of rotatable bonds is 4. The molecular weight excluding hydrogens is 395 g/mol. The van der Waals surface area contributed by atoms with Crippen LogP contribution in [0.25, 0.3) is 17.0 Å². The van der Waals surface area contributed by atoms with Crippen molar-refractivity contribution in [1.82, 2.24) is 24.9 Å². The number of halogens is 4. The zero-order chi connectivity index (χ0) is 20.1. The van der Waals surface area contributed by atoms with Crippen LogP contribution in [0, 0.1) is 12.8 Å². The topological polar surface area (TPSA) is 72.2 Å². The van der Waals surface area contributed by atoms with Gasteiger partial charge in [0.05, 0.1) is 16.9 Å². The highest BCUT2D eigenvalue weighted by atomic mass is 35.5. The van der Waals surface area contributed by atoms with Gasteiger partial charge in [-0.3, -0.25) is 9.78 Å². The Labute approximate surface area is 162 Å². The predicted octanol–water partition coefficient (Wildman–Crippen LogP) is 3.82. The summed E-state index contributed by atoms with van der Waals surface area (Å²) in [5.41, 5.74) is 1.56. The molecule has 0 saturated heterocycles. The molecule has 3 aromatic rings. The number of nitrogens with one attached hydrogen (secondary N) is 1. The molecule has 10 heteroatoms. The smallest absolute Gasteiger partial charge is 0.340 e. The molecule has 0 bridgehead atoms. The second-order valence-electron chi connectivity index (χ2n) is 6.74. The van der Waals surface area contributed by atoms with E-state index in [1.165, 1.54) is 10.7 Å². The third-order valence-corrected chi connectivity index (χ3v) is 4.93. The number of carbonyl (C=O) groups is 1. The van der Waals surface area contributed by atoms with Gasteiger partial charge in [-0.05, 0) is 43.9 Å². The molecule has 6 nitrogen and oxygen atoms in total. The fourth-order valence-corrected chi connectivity index (χ4v) is 3.30. The first-order valence-corrected chi connectivity index (χ1v) is 8.97. The second-order valence-corrected chi connectivity index (χ2v) is 7.15. The van der Waals surface area contributed by atoms with E-state index < -0.39 is 24.0 Å². The highest BCUT2D eigenvalue weighted by molar-refractivity contribution is 6.32. The van der Waals surface area contributed by atoms with Crippen molar-refractivity contribution in [3.63, 3.8) is 0 Å². The number of carbonyl (C=O) groups excluding carboxylic acids is 1. The van der Waals surface area contributed by atoms with Crippen LogP contribution >= 0.6 is 11.6 Å². The number of hydrogen-bond acceptors (Lipinski definition) is 4. The van der Waals surface area contributed by atoms with Crippen molar-refractivity contribution in [3.8, 4) is 11.4 Å². The molecule has 3 aromatic heterocycles. The van der Waals surface area contributed by atoms with Gasteiger partial charge in [0, 0.05) is 11.9 Å². The molecular formula is C18H15ClF3N5O. The normalized spacial score (nSPS) is 15.6. The summed E-state index contributed by atoms with van der Waals surface area (Å²) in [7, 11) is 0. The molecule has 1 fully saturated rings. The summed E-state index contributed by atoms with van der Waals surface area (Å²) in [6.07, 6.45) is -0.849. The quantitative estimate of drug-likeness (QED) is 0.711. The number of amides is 1. The fraction of sp³-hybridized carbons (Fsp3) is 0.333. The van der Waals surface area contributed by atoms with Gasteiger partial charge in [0.2, 0.25) is 0 Å². The first-order valence-electron chi connectivity index (χ1n) is 8.59. The lowest BCUT2D eigenvalue weighted by atomic mass is 10.1. The van der Waals surface area contributed by atoms with Crippen LogP contribution in [0.2, 0.25) is 5.02 Å². The molecule has 0 spiro atoms. The van der Waals surface area contributed by atoms with Crippen LogP contribution in [0.3, 0.4) is 0 Å². The molecule has 0 aliphatic heterocycles. The van der Waals surface area contributed by atoms with E-state index in [1.807, 2.05) is 0 Å². The van der Waals surface area contributed by atoms with E-state index in [2.05, 4.69) is 20.4 Å². The third kappa shape index (κ3) is 3.42. The van der Waals surface area contributed by atoms with Crippen LogP contribution in [0.5, 0.6) is 0 Å². The molecule has 1 N–H and O–H groups in total. The summed E-state index contributed by atoms with van der Waals surface area (Å²) >= 11 is 6.17. The SMILES string of the molecule is Cc1cc(-c2ncccc2Cl)nc2c(C(=O)NC(C3CC3)C(F)(F)F)cnn12.